The van der Waals surface area contributed by atoms with Crippen LogP contribution >= 0.6 is 0 Å². The van der Waals surface area contributed by atoms with Gasteiger partial charge < -0.3 is 21.3 Å². The van der Waals surface area contributed by atoms with Gasteiger partial charge >= 0.3 is 0 Å². The quantitative estimate of drug-likeness (QED) is 0.712. The molecule has 0 spiro atoms. The zero-order valence-corrected chi connectivity index (χ0v) is 16.5. The number of nitrogens with zero attached hydrogens (tertiary/aromatic N) is 6. The average Bonchev–Trinajstić information content (AvgIpc) is 3.15. The zero-order chi connectivity index (χ0) is 20.4. The van der Waals surface area contributed by atoms with Gasteiger partial charge in [0.15, 0.2) is 0 Å². The van der Waals surface area contributed by atoms with Crippen LogP contribution in [0.3, 0.4) is 0 Å². The largest absolute Gasteiger partial charge is 0.370 e. The maximum atomic E-state index is 11.4. The summed E-state index contributed by atoms with van der Waals surface area (Å²) in [6, 6.07) is 2.04. The fraction of sp³-hybridized carbons (Fsp3) is 0.632. The van der Waals surface area contributed by atoms with Crippen molar-refractivity contribution in [1.82, 2.24) is 19.6 Å². The standard InChI is InChI=1S/C19H28N8O2/c20-15(28)7-13-3-1-5-25(10-13)17-9-18(27-19(24-17)22-12-23-27)26-6-2-4-14(11-26)8-16(21)29/h9,12-14H,1-8,10-11H2,(H2,20,28)(H2,21,29). The number of carbonyl (C=O) groups excluding carboxylic acids is 2. The molecule has 0 aliphatic carbocycles. The molecule has 2 aromatic heterocycles. The Labute approximate surface area is 169 Å². The topological polar surface area (TPSA) is 136 Å². The summed E-state index contributed by atoms with van der Waals surface area (Å²) in [5.74, 6) is 2.29. The number of anilines is 2. The van der Waals surface area contributed by atoms with Crippen molar-refractivity contribution in [3.63, 3.8) is 0 Å². The van der Waals surface area contributed by atoms with E-state index in [0.717, 1.165) is 63.5 Å². The summed E-state index contributed by atoms with van der Waals surface area (Å²) in [4.78, 5) is 36.2. The molecule has 4 N–H and O–H groups in total. The van der Waals surface area contributed by atoms with E-state index in [4.69, 9.17) is 16.5 Å². The molecule has 0 radical (unpaired) electrons. The SMILES string of the molecule is NC(=O)CC1CCCN(c2cc(N3CCCC(CC(N)=O)C3)n3ncnc3n2)C1. The van der Waals surface area contributed by atoms with Gasteiger partial charge in [0, 0.05) is 45.1 Å². The first-order valence-corrected chi connectivity index (χ1v) is 10.3. The van der Waals surface area contributed by atoms with Crippen molar-refractivity contribution >= 4 is 29.2 Å². The Hall–Kier alpha value is -2.91. The molecule has 2 saturated heterocycles. The Bertz CT molecular complexity index is 897. The van der Waals surface area contributed by atoms with Crippen molar-refractivity contribution in [2.45, 2.75) is 38.5 Å². The molecule has 4 heterocycles. The minimum Gasteiger partial charge on any atom is -0.370 e. The molecule has 2 aliphatic rings. The molecule has 2 unspecified atom stereocenters. The third-order valence-corrected chi connectivity index (χ3v) is 5.89. The van der Waals surface area contributed by atoms with Crippen LogP contribution in [0.5, 0.6) is 0 Å². The van der Waals surface area contributed by atoms with Gasteiger partial charge in [-0.3, -0.25) is 9.59 Å². The third kappa shape index (κ3) is 4.41. The van der Waals surface area contributed by atoms with E-state index >= 15 is 0 Å². The Morgan fingerprint density at radius 2 is 1.62 bits per heavy atom. The van der Waals surface area contributed by atoms with Crippen molar-refractivity contribution in [2.24, 2.45) is 23.3 Å². The predicted octanol–water partition coefficient (Wildman–Crippen LogP) is 0.308. The zero-order valence-electron chi connectivity index (χ0n) is 16.5. The van der Waals surface area contributed by atoms with E-state index in [0.29, 0.717) is 18.6 Å². The van der Waals surface area contributed by atoms with Crippen LogP contribution in [-0.2, 0) is 9.59 Å². The first kappa shape index (κ1) is 19.4. The van der Waals surface area contributed by atoms with E-state index in [1.165, 1.54) is 6.33 Å². The van der Waals surface area contributed by atoms with Crippen molar-refractivity contribution in [3.05, 3.63) is 12.4 Å². The highest BCUT2D eigenvalue weighted by Gasteiger charge is 2.27. The third-order valence-electron chi connectivity index (χ3n) is 5.89. The number of aromatic nitrogens is 4. The summed E-state index contributed by atoms with van der Waals surface area (Å²) in [6.45, 7) is 3.28. The minimum absolute atomic E-state index is 0.242. The molecule has 29 heavy (non-hydrogen) atoms. The van der Waals surface area contributed by atoms with Crippen molar-refractivity contribution in [1.29, 1.82) is 0 Å². The molecule has 0 aromatic carbocycles. The first-order chi connectivity index (χ1) is 14.0. The van der Waals surface area contributed by atoms with Crippen LogP contribution in [0.1, 0.15) is 38.5 Å². The van der Waals surface area contributed by atoms with Crippen LogP contribution in [0.2, 0.25) is 0 Å². The Morgan fingerprint density at radius 3 is 2.28 bits per heavy atom. The van der Waals surface area contributed by atoms with Crippen LogP contribution in [0.15, 0.2) is 12.4 Å². The second kappa shape index (κ2) is 8.22. The summed E-state index contributed by atoms with van der Waals surface area (Å²) >= 11 is 0. The number of nitrogens with two attached hydrogens (primary N) is 2. The summed E-state index contributed by atoms with van der Waals surface area (Å²) in [5.41, 5.74) is 10.8. The minimum atomic E-state index is -0.257. The number of amides is 2. The van der Waals surface area contributed by atoms with E-state index in [-0.39, 0.29) is 23.7 Å². The summed E-state index contributed by atoms with van der Waals surface area (Å²) < 4.78 is 1.75. The lowest BCUT2D eigenvalue weighted by atomic mass is 9.94. The van der Waals surface area contributed by atoms with Gasteiger partial charge in [0.05, 0.1) is 0 Å². The molecular formula is C19H28N8O2. The molecule has 2 fully saturated rings. The molecule has 4 rings (SSSR count). The van der Waals surface area contributed by atoms with Gasteiger partial charge in [-0.1, -0.05) is 0 Å². The van der Waals surface area contributed by atoms with Crippen molar-refractivity contribution in [2.75, 3.05) is 36.0 Å². The molecule has 156 valence electrons. The predicted molar refractivity (Wildman–Crippen MR) is 108 cm³/mol. The van der Waals surface area contributed by atoms with E-state index in [1.807, 2.05) is 6.07 Å². The molecule has 0 saturated carbocycles. The summed E-state index contributed by atoms with van der Waals surface area (Å²) in [5, 5.41) is 4.35. The van der Waals surface area contributed by atoms with Gasteiger partial charge in [0.1, 0.15) is 18.0 Å². The van der Waals surface area contributed by atoms with E-state index in [1.54, 1.807) is 4.52 Å². The number of rotatable bonds is 6. The van der Waals surface area contributed by atoms with Gasteiger partial charge in [-0.25, -0.2) is 0 Å². The van der Waals surface area contributed by atoms with E-state index < -0.39 is 0 Å². The molecular weight excluding hydrogens is 372 g/mol. The highest BCUT2D eigenvalue weighted by molar-refractivity contribution is 5.74. The smallest absolute Gasteiger partial charge is 0.256 e. The Morgan fingerprint density at radius 1 is 1.00 bits per heavy atom. The van der Waals surface area contributed by atoms with Gasteiger partial charge in [-0.15, -0.1) is 0 Å². The fourth-order valence-electron chi connectivity index (χ4n) is 4.62. The van der Waals surface area contributed by atoms with Gasteiger partial charge in [-0.05, 0) is 37.5 Å². The molecule has 2 atom stereocenters. The number of primary amides is 2. The Balaban J connectivity index is 1.60. The average molecular weight is 400 g/mol. The molecule has 2 aromatic rings. The number of carbonyl (C=O) groups is 2. The maximum absolute atomic E-state index is 11.4. The number of hydrogen-bond donors (Lipinski definition) is 2. The van der Waals surface area contributed by atoms with Gasteiger partial charge in [-0.2, -0.15) is 19.6 Å². The molecule has 0 bridgehead atoms. The van der Waals surface area contributed by atoms with Crippen LogP contribution in [0.25, 0.3) is 5.78 Å². The number of hydrogen-bond acceptors (Lipinski definition) is 7. The second-order valence-electron chi connectivity index (χ2n) is 8.19. The van der Waals surface area contributed by atoms with E-state index in [2.05, 4.69) is 19.9 Å². The van der Waals surface area contributed by atoms with Crippen LogP contribution in [0, 0.1) is 11.8 Å². The maximum Gasteiger partial charge on any atom is 0.256 e. The fourth-order valence-corrected chi connectivity index (χ4v) is 4.62. The van der Waals surface area contributed by atoms with Crippen LogP contribution < -0.4 is 21.3 Å². The normalized spacial score (nSPS) is 22.8. The van der Waals surface area contributed by atoms with E-state index in [9.17, 15) is 9.59 Å². The van der Waals surface area contributed by atoms with Crippen LogP contribution in [-0.4, -0.2) is 57.6 Å². The van der Waals surface area contributed by atoms with Crippen LogP contribution in [0.4, 0.5) is 11.6 Å². The Kier molecular flexibility index (Phi) is 5.50. The van der Waals surface area contributed by atoms with Crippen molar-refractivity contribution in [3.8, 4) is 0 Å². The number of piperidine rings is 2. The summed E-state index contributed by atoms with van der Waals surface area (Å²) in [7, 11) is 0. The lowest BCUT2D eigenvalue weighted by molar-refractivity contribution is -0.119. The first-order valence-electron chi connectivity index (χ1n) is 10.3. The highest BCUT2D eigenvalue weighted by Crippen LogP contribution is 2.30. The monoisotopic (exact) mass is 400 g/mol. The highest BCUT2D eigenvalue weighted by atomic mass is 16.1. The molecule has 10 heteroatoms. The lowest BCUT2D eigenvalue weighted by Crippen LogP contribution is -2.39. The van der Waals surface area contributed by atoms with Crippen molar-refractivity contribution < 1.29 is 9.59 Å². The lowest BCUT2D eigenvalue weighted by Gasteiger charge is -2.36. The molecule has 2 aliphatic heterocycles. The number of fused-ring (bicyclic) bond motifs is 1. The van der Waals surface area contributed by atoms with Gasteiger partial charge in [0.2, 0.25) is 11.8 Å². The summed E-state index contributed by atoms with van der Waals surface area (Å²) in [6.07, 6.45) is 6.30. The van der Waals surface area contributed by atoms with Gasteiger partial charge in [0.25, 0.3) is 5.78 Å². The second-order valence-corrected chi connectivity index (χ2v) is 8.19. The molecule has 10 nitrogen and oxygen atoms in total. The molecule has 2 amide bonds.